The van der Waals surface area contributed by atoms with Gasteiger partial charge in [-0.25, -0.2) is 4.98 Å². The molecule has 0 N–H and O–H groups in total. The van der Waals surface area contributed by atoms with Gasteiger partial charge in [-0.05, 0) is 12.1 Å². The summed E-state index contributed by atoms with van der Waals surface area (Å²) < 4.78 is 10.8. The van der Waals surface area contributed by atoms with Crippen molar-refractivity contribution in [3.05, 3.63) is 30.0 Å². The summed E-state index contributed by atoms with van der Waals surface area (Å²) in [5.74, 6) is 0.943. The third kappa shape index (κ3) is 2.21. The van der Waals surface area contributed by atoms with E-state index in [1.54, 1.807) is 12.1 Å². The van der Waals surface area contributed by atoms with Gasteiger partial charge in [-0.3, -0.25) is 4.79 Å². The van der Waals surface area contributed by atoms with Crippen molar-refractivity contribution in [1.82, 2.24) is 4.98 Å². The molecule has 0 unspecified atom stereocenters. The van der Waals surface area contributed by atoms with Crippen molar-refractivity contribution in [3.63, 3.8) is 0 Å². The van der Waals surface area contributed by atoms with Crippen LogP contribution in [0, 0.1) is 0 Å². The lowest BCUT2D eigenvalue weighted by Gasteiger charge is -2.15. The van der Waals surface area contributed by atoms with Crippen molar-refractivity contribution < 1.29 is 14.3 Å². The molecule has 0 saturated carbocycles. The van der Waals surface area contributed by atoms with Gasteiger partial charge in [0.15, 0.2) is 12.0 Å². The van der Waals surface area contributed by atoms with Gasteiger partial charge in [-0.1, -0.05) is 12.2 Å². The van der Waals surface area contributed by atoms with Crippen LogP contribution in [0.4, 0.5) is 0 Å². The molecule has 0 saturated heterocycles. The number of pyridine rings is 1. The second-order valence-electron chi connectivity index (χ2n) is 3.54. The van der Waals surface area contributed by atoms with Crippen molar-refractivity contribution in [1.29, 1.82) is 0 Å². The average Bonchev–Trinajstić information content (AvgIpc) is 2.82. The Bertz CT molecular complexity index is 407. The van der Waals surface area contributed by atoms with Crippen LogP contribution in [0.2, 0.25) is 0 Å². The van der Waals surface area contributed by atoms with E-state index in [0.29, 0.717) is 23.6 Å². The van der Waals surface area contributed by atoms with Gasteiger partial charge >= 0.3 is 0 Å². The van der Waals surface area contributed by atoms with Crippen LogP contribution in [-0.4, -0.2) is 24.5 Å². The van der Waals surface area contributed by atoms with Crippen molar-refractivity contribution in [2.24, 2.45) is 0 Å². The first-order valence-corrected chi connectivity index (χ1v) is 5.15. The zero-order valence-corrected chi connectivity index (χ0v) is 9.05. The SMILES string of the molecule is COc1nc(C=O)ccc1OC1CC=CC1. The van der Waals surface area contributed by atoms with Gasteiger partial charge in [-0.2, -0.15) is 0 Å². The highest BCUT2D eigenvalue weighted by molar-refractivity contribution is 5.72. The standard InChI is InChI=1S/C12H13NO3/c1-15-12-11(7-6-9(8-14)13-12)16-10-4-2-3-5-10/h2-3,6-8,10H,4-5H2,1H3. The molecule has 84 valence electrons. The molecule has 1 aromatic rings. The summed E-state index contributed by atoms with van der Waals surface area (Å²) in [4.78, 5) is 14.6. The summed E-state index contributed by atoms with van der Waals surface area (Å²) in [5.41, 5.74) is 0.341. The fourth-order valence-electron chi connectivity index (χ4n) is 1.61. The average molecular weight is 219 g/mol. The monoisotopic (exact) mass is 219 g/mol. The van der Waals surface area contributed by atoms with Crippen LogP contribution in [0.5, 0.6) is 11.6 Å². The Hall–Kier alpha value is -1.84. The highest BCUT2D eigenvalue weighted by Crippen LogP contribution is 2.27. The Kier molecular flexibility index (Phi) is 3.19. The molecule has 4 heteroatoms. The van der Waals surface area contributed by atoms with E-state index >= 15 is 0 Å². The molecule has 0 amide bonds. The summed E-state index contributed by atoms with van der Waals surface area (Å²) in [5, 5.41) is 0. The van der Waals surface area contributed by atoms with Crippen LogP contribution in [0.1, 0.15) is 23.3 Å². The second kappa shape index (κ2) is 4.79. The number of carbonyl (C=O) groups is 1. The van der Waals surface area contributed by atoms with Gasteiger partial charge in [0.2, 0.25) is 0 Å². The first-order valence-electron chi connectivity index (χ1n) is 5.15. The molecule has 0 aliphatic heterocycles. The lowest BCUT2D eigenvalue weighted by atomic mass is 10.3. The van der Waals surface area contributed by atoms with E-state index in [0.717, 1.165) is 12.8 Å². The molecule has 1 heterocycles. The normalized spacial score (nSPS) is 15.1. The van der Waals surface area contributed by atoms with Crippen LogP contribution >= 0.6 is 0 Å². The van der Waals surface area contributed by atoms with Gasteiger partial charge in [0.05, 0.1) is 7.11 Å². The summed E-state index contributed by atoms with van der Waals surface area (Å²) >= 11 is 0. The predicted octanol–water partition coefficient (Wildman–Crippen LogP) is 2.00. The number of carbonyl (C=O) groups excluding carboxylic acids is 1. The van der Waals surface area contributed by atoms with Crippen LogP contribution in [0.25, 0.3) is 0 Å². The maximum Gasteiger partial charge on any atom is 0.257 e. The molecular formula is C12H13NO3. The number of aldehydes is 1. The summed E-state index contributed by atoms with van der Waals surface area (Å²) in [7, 11) is 1.51. The Labute approximate surface area is 93.9 Å². The van der Waals surface area contributed by atoms with Crippen LogP contribution in [0.15, 0.2) is 24.3 Å². The van der Waals surface area contributed by atoms with E-state index in [-0.39, 0.29) is 6.10 Å². The smallest absolute Gasteiger partial charge is 0.257 e. The first kappa shape index (κ1) is 10.7. The largest absolute Gasteiger partial charge is 0.484 e. The third-order valence-corrected chi connectivity index (χ3v) is 2.42. The zero-order valence-electron chi connectivity index (χ0n) is 9.05. The molecule has 2 rings (SSSR count). The molecule has 0 aromatic carbocycles. The minimum Gasteiger partial charge on any atom is -0.484 e. The minimum absolute atomic E-state index is 0.151. The minimum atomic E-state index is 0.151. The maximum absolute atomic E-state index is 10.6. The van der Waals surface area contributed by atoms with Gasteiger partial charge in [0.1, 0.15) is 11.8 Å². The van der Waals surface area contributed by atoms with Gasteiger partial charge in [0.25, 0.3) is 5.88 Å². The maximum atomic E-state index is 10.6. The highest BCUT2D eigenvalue weighted by atomic mass is 16.5. The lowest BCUT2D eigenvalue weighted by Crippen LogP contribution is -2.12. The fourth-order valence-corrected chi connectivity index (χ4v) is 1.61. The molecule has 0 radical (unpaired) electrons. The number of aromatic nitrogens is 1. The third-order valence-electron chi connectivity index (χ3n) is 2.42. The van der Waals surface area contributed by atoms with Gasteiger partial charge in [-0.15, -0.1) is 0 Å². The lowest BCUT2D eigenvalue weighted by molar-refractivity contribution is 0.111. The van der Waals surface area contributed by atoms with Crippen molar-refractivity contribution in [2.45, 2.75) is 18.9 Å². The van der Waals surface area contributed by atoms with Crippen LogP contribution in [-0.2, 0) is 0 Å². The Balaban J connectivity index is 2.15. The van der Waals surface area contributed by atoms with E-state index in [9.17, 15) is 4.79 Å². The molecular weight excluding hydrogens is 206 g/mol. The van der Waals surface area contributed by atoms with Gasteiger partial charge in [0, 0.05) is 12.8 Å². The van der Waals surface area contributed by atoms with Crippen molar-refractivity contribution in [2.75, 3.05) is 7.11 Å². The first-order chi connectivity index (χ1) is 7.83. The van der Waals surface area contributed by atoms with E-state index in [4.69, 9.17) is 9.47 Å². The quantitative estimate of drug-likeness (QED) is 0.574. The number of hydrogen-bond acceptors (Lipinski definition) is 4. The summed E-state index contributed by atoms with van der Waals surface area (Å²) in [6.07, 6.45) is 6.81. The van der Waals surface area contributed by atoms with Crippen LogP contribution < -0.4 is 9.47 Å². The molecule has 1 aliphatic carbocycles. The number of nitrogens with zero attached hydrogens (tertiary/aromatic N) is 1. The Morgan fingerprint density at radius 1 is 1.38 bits per heavy atom. The molecule has 1 aliphatic rings. The van der Waals surface area contributed by atoms with Crippen molar-refractivity contribution >= 4 is 6.29 Å². The Morgan fingerprint density at radius 2 is 2.12 bits per heavy atom. The molecule has 0 fully saturated rings. The topological polar surface area (TPSA) is 48.4 Å². The number of rotatable bonds is 4. The van der Waals surface area contributed by atoms with Gasteiger partial charge < -0.3 is 9.47 Å². The van der Waals surface area contributed by atoms with E-state index in [1.165, 1.54) is 7.11 Å². The summed E-state index contributed by atoms with van der Waals surface area (Å²) in [6, 6.07) is 3.33. The molecule has 16 heavy (non-hydrogen) atoms. The molecule has 0 atom stereocenters. The number of ether oxygens (including phenoxy) is 2. The molecule has 1 aromatic heterocycles. The predicted molar refractivity (Wildman–Crippen MR) is 59.0 cm³/mol. The van der Waals surface area contributed by atoms with Crippen LogP contribution in [0.3, 0.4) is 0 Å². The van der Waals surface area contributed by atoms with E-state index in [1.807, 2.05) is 0 Å². The fraction of sp³-hybridized carbons (Fsp3) is 0.333. The molecule has 0 bridgehead atoms. The Morgan fingerprint density at radius 3 is 2.75 bits per heavy atom. The van der Waals surface area contributed by atoms with E-state index < -0.39 is 0 Å². The molecule has 0 spiro atoms. The second-order valence-corrected chi connectivity index (χ2v) is 3.54. The van der Waals surface area contributed by atoms with E-state index in [2.05, 4.69) is 17.1 Å². The van der Waals surface area contributed by atoms with Crippen molar-refractivity contribution in [3.8, 4) is 11.6 Å². The molecule has 4 nitrogen and oxygen atoms in total. The highest BCUT2D eigenvalue weighted by Gasteiger charge is 2.15. The number of methoxy groups -OCH3 is 1. The zero-order chi connectivity index (χ0) is 11.4. The number of hydrogen-bond donors (Lipinski definition) is 0. The summed E-state index contributed by atoms with van der Waals surface area (Å²) in [6.45, 7) is 0.